The molecule has 2 rings (SSSR count). The SMILES string of the molecule is NC1CCCCCC1C(=O)NCC1(O)CCOC1. The quantitative estimate of drug-likeness (QED) is 0.628. The van der Waals surface area contributed by atoms with Crippen LogP contribution < -0.4 is 11.1 Å². The van der Waals surface area contributed by atoms with Crippen molar-refractivity contribution in [3.05, 3.63) is 0 Å². The van der Waals surface area contributed by atoms with Crippen LogP contribution in [0.3, 0.4) is 0 Å². The number of aliphatic hydroxyl groups is 1. The van der Waals surface area contributed by atoms with E-state index in [9.17, 15) is 9.90 Å². The fraction of sp³-hybridized carbons (Fsp3) is 0.923. The lowest BCUT2D eigenvalue weighted by molar-refractivity contribution is -0.127. The Morgan fingerprint density at radius 3 is 2.89 bits per heavy atom. The summed E-state index contributed by atoms with van der Waals surface area (Å²) in [4.78, 5) is 12.1. The number of hydrogen-bond donors (Lipinski definition) is 3. The van der Waals surface area contributed by atoms with Gasteiger partial charge in [0.05, 0.1) is 12.5 Å². The van der Waals surface area contributed by atoms with Crippen LogP contribution in [-0.2, 0) is 9.53 Å². The van der Waals surface area contributed by atoms with E-state index < -0.39 is 5.60 Å². The van der Waals surface area contributed by atoms with Crippen molar-refractivity contribution >= 4 is 5.91 Å². The summed E-state index contributed by atoms with van der Waals surface area (Å²) in [6.45, 7) is 1.15. The lowest BCUT2D eigenvalue weighted by Gasteiger charge is -2.25. The first kappa shape index (κ1) is 13.8. The minimum Gasteiger partial charge on any atom is -0.386 e. The molecule has 3 atom stereocenters. The van der Waals surface area contributed by atoms with Gasteiger partial charge in [-0.2, -0.15) is 0 Å². The summed E-state index contributed by atoms with van der Waals surface area (Å²) in [5.74, 6) is -0.108. The Morgan fingerprint density at radius 1 is 1.39 bits per heavy atom. The van der Waals surface area contributed by atoms with E-state index in [0.717, 1.165) is 32.1 Å². The number of rotatable bonds is 3. The molecule has 2 fully saturated rings. The second-order valence-electron chi connectivity index (χ2n) is 5.65. The highest BCUT2D eigenvalue weighted by Gasteiger charge is 2.34. The van der Waals surface area contributed by atoms with Gasteiger partial charge in [-0.3, -0.25) is 4.79 Å². The Hall–Kier alpha value is -0.650. The van der Waals surface area contributed by atoms with Crippen LogP contribution in [0.4, 0.5) is 0 Å². The maximum absolute atomic E-state index is 12.1. The van der Waals surface area contributed by atoms with Crippen LogP contribution in [0.1, 0.15) is 38.5 Å². The van der Waals surface area contributed by atoms with E-state index in [1.54, 1.807) is 0 Å². The fourth-order valence-corrected chi connectivity index (χ4v) is 2.78. The van der Waals surface area contributed by atoms with Crippen molar-refractivity contribution in [1.29, 1.82) is 0 Å². The summed E-state index contributed by atoms with van der Waals surface area (Å²) in [5.41, 5.74) is 5.16. The minimum atomic E-state index is -0.884. The predicted molar refractivity (Wildman–Crippen MR) is 67.9 cm³/mol. The number of nitrogens with one attached hydrogen (secondary N) is 1. The number of ether oxygens (including phenoxy) is 1. The number of carbonyl (C=O) groups excluding carboxylic acids is 1. The molecule has 0 spiro atoms. The van der Waals surface area contributed by atoms with Gasteiger partial charge in [-0.1, -0.05) is 19.3 Å². The van der Waals surface area contributed by atoms with Crippen LogP contribution >= 0.6 is 0 Å². The van der Waals surface area contributed by atoms with Crippen LogP contribution in [0.25, 0.3) is 0 Å². The smallest absolute Gasteiger partial charge is 0.224 e. The van der Waals surface area contributed by atoms with E-state index in [2.05, 4.69) is 5.32 Å². The summed E-state index contributed by atoms with van der Waals surface area (Å²) in [6, 6.07) is -0.0398. The summed E-state index contributed by atoms with van der Waals surface area (Å²) in [5, 5.41) is 12.9. The third kappa shape index (κ3) is 3.43. The molecule has 2 aliphatic rings. The van der Waals surface area contributed by atoms with Crippen molar-refractivity contribution in [3.63, 3.8) is 0 Å². The van der Waals surface area contributed by atoms with E-state index in [1.165, 1.54) is 0 Å². The van der Waals surface area contributed by atoms with Gasteiger partial charge in [0, 0.05) is 25.6 Å². The lowest BCUT2D eigenvalue weighted by atomic mass is 9.94. The summed E-state index contributed by atoms with van der Waals surface area (Å²) >= 11 is 0. The lowest BCUT2D eigenvalue weighted by Crippen LogP contribution is -2.48. The van der Waals surface area contributed by atoms with Gasteiger partial charge in [0.25, 0.3) is 0 Å². The first-order chi connectivity index (χ1) is 8.61. The van der Waals surface area contributed by atoms with Crippen molar-refractivity contribution in [1.82, 2.24) is 5.32 Å². The van der Waals surface area contributed by atoms with Crippen LogP contribution in [0.15, 0.2) is 0 Å². The average Bonchev–Trinajstić information content (AvgIpc) is 2.66. The van der Waals surface area contributed by atoms with Crippen LogP contribution in [0.5, 0.6) is 0 Å². The van der Waals surface area contributed by atoms with Gasteiger partial charge >= 0.3 is 0 Å². The topological polar surface area (TPSA) is 84.6 Å². The molecule has 5 heteroatoms. The van der Waals surface area contributed by atoms with E-state index in [4.69, 9.17) is 10.5 Å². The second-order valence-corrected chi connectivity index (χ2v) is 5.65. The standard InChI is InChI=1S/C13H24N2O3/c14-11-5-3-1-2-4-10(11)12(16)15-8-13(17)6-7-18-9-13/h10-11,17H,1-9,14H2,(H,15,16). The highest BCUT2D eigenvalue weighted by molar-refractivity contribution is 5.79. The molecule has 1 aliphatic heterocycles. The molecule has 5 nitrogen and oxygen atoms in total. The third-order valence-corrected chi connectivity index (χ3v) is 4.08. The Bertz CT molecular complexity index is 290. The molecular formula is C13H24N2O3. The molecule has 104 valence electrons. The zero-order valence-electron chi connectivity index (χ0n) is 10.9. The molecule has 1 amide bonds. The Kier molecular flexibility index (Phi) is 4.59. The number of hydrogen-bond acceptors (Lipinski definition) is 4. The molecular weight excluding hydrogens is 232 g/mol. The maximum atomic E-state index is 12.1. The van der Waals surface area contributed by atoms with Crippen LogP contribution in [0, 0.1) is 5.92 Å². The molecule has 1 saturated heterocycles. The van der Waals surface area contributed by atoms with Crippen molar-refractivity contribution < 1.29 is 14.6 Å². The Balaban J connectivity index is 1.82. The van der Waals surface area contributed by atoms with Crippen LogP contribution in [0.2, 0.25) is 0 Å². The molecule has 0 radical (unpaired) electrons. The first-order valence-electron chi connectivity index (χ1n) is 6.94. The van der Waals surface area contributed by atoms with Crippen molar-refractivity contribution in [2.45, 2.75) is 50.2 Å². The molecule has 3 unspecified atom stereocenters. The second kappa shape index (κ2) is 5.99. The van der Waals surface area contributed by atoms with Gasteiger partial charge < -0.3 is 20.9 Å². The highest BCUT2D eigenvalue weighted by Crippen LogP contribution is 2.23. The fourth-order valence-electron chi connectivity index (χ4n) is 2.78. The van der Waals surface area contributed by atoms with Gasteiger partial charge in [-0.25, -0.2) is 0 Å². The Morgan fingerprint density at radius 2 is 2.17 bits per heavy atom. The van der Waals surface area contributed by atoms with Gasteiger partial charge in [-0.05, 0) is 12.8 Å². The monoisotopic (exact) mass is 256 g/mol. The minimum absolute atomic E-state index is 0.00951. The van der Waals surface area contributed by atoms with E-state index in [-0.39, 0.29) is 24.4 Å². The molecule has 0 aromatic rings. The number of nitrogens with two attached hydrogens (primary N) is 1. The molecule has 0 aromatic carbocycles. The number of amides is 1. The van der Waals surface area contributed by atoms with Crippen molar-refractivity contribution in [2.75, 3.05) is 19.8 Å². The van der Waals surface area contributed by atoms with E-state index in [0.29, 0.717) is 19.6 Å². The summed E-state index contributed by atoms with van der Waals surface area (Å²) in [7, 11) is 0. The zero-order chi connectivity index (χ0) is 13.0. The average molecular weight is 256 g/mol. The Labute approximate surface area is 108 Å². The summed E-state index contributed by atoms with van der Waals surface area (Å²) < 4.78 is 5.15. The third-order valence-electron chi connectivity index (χ3n) is 4.08. The normalized spacial score (nSPS) is 37.2. The summed E-state index contributed by atoms with van der Waals surface area (Å²) in [6.07, 6.45) is 5.72. The molecule has 0 aromatic heterocycles. The molecule has 4 N–H and O–H groups in total. The van der Waals surface area contributed by atoms with Crippen molar-refractivity contribution in [3.8, 4) is 0 Å². The van der Waals surface area contributed by atoms with E-state index >= 15 is 0 Å². The molecule has 0 bridgehead atoms. The maximum Gasteiger partial charge on any atom is 0.224 e. The van der Waals surface area contributed by atoms with E-state index in [1.807, 2.05) is 0 Å². The highest BCUT2D eigenvalue weighted by atomic mass is 16.5. The molecule has 1 heterocycles. The van der Waals surface area contributed by atoms with Gasteiger partial charge in [-0.15, -0.1) is 0 Å². The van der Waals surface area contributed by atoms with Gasteiger partial charge in [0.1, 0.15) is 5.60 Å². The first-order valence-corrected chi connectivity index (χ1v) is 6.94. The molecule has 18 heavy (non-hydrogen) atoms. The predicted octanol–water partition coefficient (Wildman–Crippen LogP) is 0.162. The molecule has 1 aliphatic carbocycles. The number of carbonyl (C=O) groups is 1. The zero-order valence-corrected chi connectivity index (χ0v) is 10.9. The largest absolute Gasteiger partial charge is 0.386 e. The molecule has 1 saturated carbocycles. The van der Waals surface area contributed by atoms with Gasteiger partial charge in [0.15, 0.2) is 0 Å². The van der Waals surface area contributed by atoms with Crippen LogP contribution in [-0.4, -0.2) is 42.4 Å². The van der Waals surface area contributed by atoms with Gasteiger partial charge in [0.2, 0.25) is 5.91 Å². The van der Waals surface area contributed by atoms with Crippen molar-refractivity contribution in [2.24, 2.45) is 11.7 Å².